The summed E-state index contributed by atoms with van der Waals surface area (Å²) in [5, 5.41) is 19.4. The lowest BCUT2D eigenvalue weighted by atomic mass is 9.64. The first-order valence-corrected chi connectivity index (χ1v) is 8.13. The van der Waals surface area contributed by atoms with Crippen molar-refractivity contribution in [1.82, 2.24) is 4.90 Å². The largest absolute Gasteiger partial charge is 0.535 e. The van der Waals surface area contributed by atoms with Gasteiger partial charge in [-0.3, -0.25) is 9.69 Å². The van der Waals surface area contributed by atoms with Crippen LogP contribution < -0.4 is 10.4 Å². The number of aromatic carboxylic acids is 1. The molecule has 1 saturated heterocycles. The van der Waals surface area contributed by atoms with Crippen molar-refractivity contribution in [2.45, 2.75) is 31.1 Å². The molecule has 2 atom stereocenters. The van der Waals surface area contributed by atoms with Gasteiger partial charge in [0.15, 0.2) is 0 Å². The van der Waals surface area contributed by atoms with Crippen molar-refractivity contribution in [3.63, 3.8) is 0 Å². The van der Waals surface area contributed by atoms with E-state index in [1.165, 1.54) is 6.07 Å². The zero-order valence-corrected chi connectivity index (χ0v) is 13.4. The molecule has 7 nitrogen and oxygen atoms in total. The number of hydrogen-bond acceptors (Lipinski definition) is 6. The molecule has 0 amide bonds. The molecule has 128 valence electrons. The summed E-state index contributed by atoms with van der Waals surface area (Å²) in [6.07, 6.45) is 1.51. The zero-order chi connectivity index (χ0) is 17.3. The van der Waals surface area contributed by atoms with E-state index in [2.05, 4.69) is 0 Å². The average Bonchev–Trinajstić information content (AvgIpc) is 2.92. The van der Waals surface area contributed by atoms with Crippen LogP contribution in [0.3, 0.4) is 0 Å². The second kappa shape index (κ2) is 6.92. The number of nitrogens with zero attached hydrogens (tertiary/aromatic N) is 1. The van der Waals surface area contributed by atoms with Crippen molar-refractivity contribution >= 4 is 18.9 Å². The van der Waals surface area contributed by atoms with Gasteiger partial charge in [0.25, 0.3) is 0 Å². The Morgan fingerprint density at radius 3 is 2.88 bits per heavy atom. The van der Waals surface area contributed by atoms with Crippen LogP contribution in [0.15, 0.2) is 18.2 Å². The van der Waals surface area contributed by atoms with E-state index < -0.39 is 13.1 Å². The van der Waals surface area contributed by atoms with Gasteiger partial charge in [-0.15, -0.1) is 0 Å². The van der Waals surface area contributed by atoms with Crippen molar-refractivity contribution in [3.8, 4) is 5.75 Å². The van der Waals surface area contributed by atoms with Gasteiger partial charge in [0, 0.05) is 31.4 Å². The first-order chi connectivity index (χ1) is 11.4. The number of benzene rings is 1. The predicted octanol–water partition coefficient (Wildman–Crippen LogP) is 0.163. The number of hydrogen-bond donors (Lipinski definition) is 3. The summed E-state index contributed by atoms with van der Waals surface area (Å²) in [6, 6.07) is 4.98. The van der Waals surface area contributed by atoms with E-state index in [-0.39, 0.29) is 35.4 Å². The average molecular weight is 332 g/mol. The van der Waals surface area contributed by atoms with Crippen LogP contribution in [0, 0.1) is 0 Å². The fraction of sp³-hybridized carbons (Fsp3) is 0.500. The summed E-state index contributed by atoms with van der Waals surface area (Å²) in [4.78, 5) is 25.5. The first kappa shape index (κ1) is 16.9. The van der Waals surface area contributed by atoms with Gasteiger partial charge >= 0.3 is 13.1 Å². The number of rotatable bonds is 5. The van der Waals surface area contributed by atoms with Crippen molar-refractivity contribution < 1.29 is 24.4 Å². The molecule has 0 unspecified atom stereocenters. The van der Waals surface area contributed by atoms with Gasteiger partial charge in [-0.05, 0) is 24.5 Å². The number of carboxylic acid groups (broad SMARTS) is 1. The molecule has 2 heterocycles. The highest BCUT2D eigenvalue weighted by Gasteiger charge is 2.38. The number of likely N-dealkylation sites (tertiary alicyclic amines) is 1. The Kier molecular flexibility index (Phi) is 4.89. The molecule has 2 aliphatic heterocycles. The lowest BCUT2D eigenvalue weighted by Gasteiger charge is -2.28. The normalized spacial score (nSPS) is 23.7. The van der Waals surface area contributed by atoms with Gasteiger partial charge in [0.05, 0.1) is 12.1 Å². The molecule has 2 aliphatic rings. The molecule has 0 aromatic heterocycles. The molecule has 4 N–H and O–H groups in total. The number of ketones is 1. The summed E-state index contributed by atoms with van der Waals surface area (Å²) < 4.78 is 5.41. The van der Waals surface area contributed by atoms with Crippen LogP contribution in [0.25, 0.3) is 0 Å². The van der Waals surface area contributed by atoms with Gasteiger partial charge < -0.3 is 20.5 Å². The maximum absolute atomic E-state index is 12.3. The quantitative estimate of drug-likeness (QED) is 0.658. The molecular weight excluding hydrogens is 311 g/mol. The van der Waals surface area contributed by atoms with Gasteiger partial charge in [0.2, 0.25) is 0 Å². The summed E-state index contributed by atoms with van der Waals surface area (Å²) in [5.74, 6) is -1.23. The molecule has 24 heavy (non-hydrogen) atoms. The summed E-state index contributed by atoms with van der Waals surface area (Å²) in [6.45, 7) is 1.88. The van der Waals surface area contributed by atoms with E-state index in [0.29, 0.717) is 18.5 Å². The number of Topliss-reactive ketones (excluding diaryl/α,β-unsaturated/α-hetero) is 1. The summed E-state index contributed by atoms with van der Waals surface area (Å²) in [7, 11) is -1.18. The Hall–Kier alpha value is -1.90. The molecule has 0 saturated carbocycles. The molecule has 3 rings (SSSR count). The maximum Gasteiger partial charge on any atom is 0.526 e. The van der Waals surface area contributed by atoms with Gasteiger partial charge in [-0.1, -0.05) is 12.1 Å². The molecule has 1 aromatic rings. The standard InChI is InChI=1S/C16H21BN2O5/c18-12-4-5-19(8-12)9-13(20)7-11-6-10-2-1-3-14(16(21)22)15(10)24-17(11)23/h1-3,11-12,23H,4-9,18H2,(H,21,22)/t11-,12+/m1/s1. The molecule has 0 bridgehead atoms. The third-order valence-electron chi connectivity index (χ3n) is 4.65. The molecule has 0 spiro atoms. The Morgan fingerprint density at radius 1 is 1.42 bits per heavy atom. The fourth-order valence-electron chi connectivity index (χ4n) is 3.44. The van der Waals surface area contributed by atoms with E-state index in [0.717, 1.165) is 19.5 Å². The lowest BCUT2D eigenvalue weighted by Crippen LogP contribution is -2.38. The highest BCUT2D eigenvalue weighted by molar-refractivity contribution is 6.47. The molecule has 0 radical (unpaired) electrons. The number of carbonyl (C=O) groups is 2. The molecule has 0 aliphatic carbocycles. The van der Waals surface area contributed by atoms with Gasteiger partial charge in [0.1, 0.15) is 11.5 Å². The number of fused-ring (bicyclic) bond motifs is 1. The van der Waals surface area contributed by atoms with Crippen molar-refractivity contribution in [2.75, 3.05) is 19.6 Å². The van der Waals surface area contributed by atoms with Crippen LogP contribution in [0.5, 0.6) is 5.75 Å². The Bertz CT molecular complexity index is 653. The Labute approximate surface area is 140 Å². The third-order valence-corrected chi connectivity index (χ3v) is 4.65. The van der Waals surface area contributed by atoms with Crippen molar-refractivity contribution in [3.05, 3.63) is 29.3 Å². The fourth-order valence-corrected chi connectivity index (χ4v) is 3.44. The minimum Gasteiger partial charge on any atom is -0.535 e. The highest BCUT2D eigenvalue weighted by atomic mass is 16.5. The first-order valence-electron chi connectivity index (χ1n) is 8.13. The van der Waals surface area contributed by atoms with Crippen LogP contribution in [-0.2, 0) is 11.2 Å². The molecular formula is C16H21BN2O5. The van der Waals surface area contributed by atoms with E-state index in [4.69, 9.17) is 10.4 Å². The minimum absolute atomic E-state index is 0.0300. The second-order valence-electron chi connectivity index (χ2n) is 6.60. The van der Waals surface area contributed by atoms with Crippen LogP contribution >= 0.6 is 0 Å². The smallest absolute Gasteiger partial charge is 0.526 e. The van der Waals surface area contributed by atoms with Crippen LogP contribution in [-0.4, -0.2) is 59.6 Å². The SMILES string of the molecule is N[C@H]1CCN(CC(=O)C[C@H]2Cc3cccc(C(=O)O)c3OB2O)C1. The number of carbonyl (C=O) groups excluding carboxylic acids is 1. The second-order valence-corrected chi connectivity index (χ2v) is 6.60. The van der Waals surface area contributed by atoms with Crippen molar-refractivity contribution in [2.24, 2.45) is 5.73 Å². The monoisotopic (exact) mass is 332 g/mol. The zero-order valence-electron chi connectivity index (χ0n) is 13.4. The molecule has 1 fully saturated rings. The minimum atomic E-state index is -1.18. The number of nitrogens with two attached hydrogens (primary N) is 1. The summed E-state index contributed by atoms with van der Waals surface area (Å²) >= 11 is 0. The van der Waals surface area contributed by atoms with E-state index >= 15 is 0 Å². The lowest BCUT2D eigenvalue weighted by molar-refractivity contribution is -0.120. The predicted molar refractivity (Wildman–Crippen MR) is 88.1 cm³/mol. The van der Waals surface area contributed by atoms with Crippen LogP contribution in [0.4, 0.5) is 0 Å². The number of carboxylic acids is 1. The van der Waals surface area contributed by atoms with Gasteiger partial charge in [-0.25, -0.2) is 4.79 Å². The van der Waals surface area contributed by atoms with Crippen LogP contribution in [0.1, 0.15) is 28.8 Å². The Morgan fingerprint density at radius 2 is 2.21 bits per heavy atom. The highest BCUT2D eigenvalue weighted by Crippen LogP contribution is 2.36. The van der Waals surface area contributed by atoms with Crippen LogP contribution in [0.2, 0.25) is 5.82 Å². The maximum atomic E-state index is 12.3. The molecule has 1 aromatic carbocycles. The topological polar surface area (TPSA) is 113 Å². The Balaban J connectivity index is 1.65. The van der Waals surface area contributed by atoms with E-state index in [9.17, 15) is 19.7 Å². The van der Waals surface area contributed by atoms with E-state index in [1.54, 1.807) is 12.1 Å². The molecule has 8 heteroatoms. The van der Waals surface area contributed by atoms with Crippen molar-refractivity contribution in [1.29, 1.82) is 0 Å². The van der Waals surface area contributed by atoms with E-state index in [1.807, 2.05) is 4.90 Å². The van der Waals surface area contributed by atoms with Gasteiger partial charge in [-0.2, -0.15) is 0 Å². The third kappa shape index (κ3) is 3.61. The number of para-hydroxylation sites is 1. The summed E-state index contributed by atoms with van der Waals surface area (Å²) in [5.41, 5.74) is 6.58.